The van der Waals surface area contributed by atoms with E-state index in [9.17, 15) is 0 Å². The first-order valence-corrected chi connectivity index (χ1v) is 16.1. The lowest BCUT2D eigenvalue weighted by atomic mass is 9.92. The molecule has 0 fully saturated rings. The zero-order valence-electron chi connectivity index (χ0n) is 26.6. The Bertz CT molecular complexity index is 2480. The van der Waals surface area contributed by atoms with Crippen molar-refractivity contribution in [1.82, 2.24) is 4.57 Å². The molecule has 2 heteroatoms. The first kappa shape index (κ1) is 26.8. The molecule has 220 valence electrons. The van der Waals surface area contributed by atoms with Gasteiger partial charge in [0, 0.05) is 33.2 Å². The van der Waals surface area contributed by atoms with Crippen molar-refractivity contribution < 1.29 is 0 Å². The molecule has 0 unspecified atom stereocenters. The van der Waals surface area contributed by atoms with Crippen LogP contribution in [0.1, 0.15) is 22.3 Å². The molecule has 0 aliphatic rings. The smallest absolute Gasteiger partial charge is 0.0541 e. The van der Waals surface area contributed by atoms with Crippen LogP contribution in [0.4, 0.5) is 17.1 Å². The van der Waals surface area contributed by atoms with E-state index >= 15 is 0 Å². The molecule has 0 aliphatic carbocycles. The van der Waals surface area contributed by atoms with Gasteiger partial charge >= 0.3 is 0 Å². The summed E-state index contributed by atoms with van der Waals surface area (Å²) in [5.41, 5.74) is 12.3. The minimum atomic E-state index is 1.15. The Hall–Kier alpha value is -5.60. The van der Waals surface area contributed by atoms with Gasteiger partial charge in [-0.1, -0.05) is 89.0 Å². The molecule has 0 radical (unpaired) electrons. The summed E-state index contributed by atoms with van der Waals surface area (Å²) < 4.78 is 2.47. The summed E-state index contributed by atoms with van der Waals surface area (Å²) in [6, 6.07) is 49.9. The van der Waals surface area contributed by atoms with Crippen LogP contribution in [0.3, 0.4) is 0 Å². The zero-order chi connectivity index (χ0) is 31.1. The van der Waals surface area contributed by atoms with Crippen LogP contribution in [-0.4, -0.2) is 4.57 Å². The molecule has 2 nitrogen and oxygen atoms in total. The van der Waals surface area contributed by atoms with Crippen molar-refractivity contribution in [3.63, 3.8) is 0 Å². The Balaban J connectivity index is 1.30. The second-order valence-corrected chi connectivity index (χ2v) is 13.0. The monoisotopic (exact) mass is 590 g/mol. The molecule has 9 aromatic rings. The summed E-state index contributed by atoms with van der Waals surface area (Å²) >= 11 is 0. The van der Waals surface area contributed by atoms with Gasteiger partial charge in [0.25, 0.3) is 0 Å². The number of nitrogens with zero attached hydrogens (tertiary/aromatic N) is 2. The van der Waals surface area contributed by atoms with E-state index in [2.05, 4.69) is 171 Å². The maximum absolute atomic E-state index is 2.47. The average Bonchev–Trinajstić information content (AvgIpc) is 3.37. The predicted molar refractivity (Wildman–Crippen MR) is 198 cm³/mol. The fourth-order valence-electron chi connectivity index (χ4n) is 7.46. The molecular weight excluding hydrogens is 556 g/mol. The summed E-state index contributed by atoms with van der Waals surface area (Å²) in [5.74, 6) is 0. The van der Waals surface area contributed by atoms with E-state index in [-0.39, 0.29) is 0 Å². The van der Waals surface area contributed by atoms with Crippen molar-refractivity contribution in [2.45, 2.75) is 27.7 Å². The summed E-state index contributed by atoms with van der Waals surface area (Å²) in [6.45, 7) is 8.65. The number of hydrogen-bond acceptors (Lipinski definition) is 1. The lowest BCUT2D eigenvalue weighted by Crippen LogP contribution is -2.10. The topological polar surface area (TPSA) is 8.17 Å². The predicted octanol–water partition coefficient (Wildman–Crippen LogP) is 12.4. The number of aromatic nitrogens is 1. The number of rotatable bonds is 4. The van der Waals surface area contributed by atoms with Crippen LogP contribution in [0, 0.1) is 27.7 Å². The third kappa shape index (κ3) is 4.03. The van der Waals surface area contributed by atoms with Gasteiger partial charge in [-0.05, 0) is 121 Å². The molecule has 9 rings (SSSR count). The molecule has 0 saturated carbocycles. The summed E-state index contributed by atoms with van der Waals surface area (Å²) in [7, 11) is 0. The Morgan fingerprint density at radius 1 is 0.370 bits per heavy atom. The Labute approximate surface area is 269 Å². The molecule has 0 spiro atoms. The Morgan fingerprint density at radius 3 is 1.41 bits per heavy atom. The minimum absolute atomic E-state index is 1.15. The van der Waals surface area contributed by atoms with Gasteiger partial charge < -0.3 is 9.47 Å². The quantitative estimate of drug-likeness (QED) is 0.185. The summed E-state index contributed by atoms with van der Waals surface area (Å²) in [5, 5.41) is 10.3. The van der Waals surface area contributed by atoms with Gasteiger partial charge in [-0.3, -0.25) is 0 Å². The van der Waals surface area contributed by atoms with E-state index in [1.165, 1.54) is 82.1 Å². The maximum atomic E-state index is 2.47. The normalized spacial score (nSPS) is 11.9. The molecule has 1 aromatic heterocycles. The van der Waals surface area contributed by atoms with Crippen molar-refractivity contribution in [2.24, 2.45) is 0 Å². The number of benzene rings is 8. The van der Waals surface area contributed by atoms with Gasteiger partial charge in [0.1, 0.15) is 0 Å². The van der Waals surface area contributed by atoms with Crippen molar-refractivity contribution in [3.8, 4) is 5.69 Å². The van der Waals surface area contributed by atoms with E-state index in [1.54, 1.807) is 0 Å². The third-order valence-electron chi connectivity index (χ3n) is 9.72. The number of anilines is 3. The number of hydrogen-bond donors (Lipinski definition) is 0. The van der Waals surface area contributed by atoms with Crippen molar-refractivity contribution in [3.05, 3.63) is 156 Å². The highest BCUT2D eigenvalue weighted by Crippen LogP contribution is 2.44. The van der Waals surface area contributed by atoms with Crippen LogP contribution < -0.4 is 4.90 Å². The van der Waals surface area contributed by atoms with E-state index in [0.717, 1.165) is 17.1 Å². The molecule has 0 saturated heterocycles. The van der Waals surface area contributed by atoms with Crippen LogP contribution in [-0.2, 0) is 0 Å². The highest BCUT2D eigenvalue weighted by molar-refractivity contribution is 6.26. The van der Waals surface area contributed by atoms with E-state index in [4.69, 9.17) is 0 Å². The minimum Gasteiger partial charge on any atom is -0.310 e. The Kier molecular flexibility index (Phi) is 5.79. The van der Waals surface area contributed by atoms with E-state index in [0.29, 0.717) is 0 Å². The lowest BCUT2D eigenvalue weighted by Gasteiger charge is -2.27. The van der Waals surface area contributed by atoms with Crippen molar-refractivity contribution in [1.29, 1.82) is 0 Å². The number of aryl methyl sites for hydroxylation is 4. The first-order valence-electron chi connectivity index (χ1n) is 16.1. The SMILES string of the molecule is Cc1ccc(N(c2ccc(C)cc2)c2cc3ccc4ccc(-n5c6ccc(C)cc6c6cc(C)ccc65)c5ccc(c2)c3c45)cc1. The average molecular weight is 591 g/mol. The van der Waals surface area contributed by atoms with Crippen LogP contribution in [0.15, 0.2) is 133 Å². The van der Waals surface area contributed by atoms with Crippen LogP contribution in [0.5, 0.6) is 0 Å². The molecule has 0 atom stereocenters. The van der Waals surface area contributed by atoms with Gasteiger partial charge in [0.15, 0.2) is 0 Å². The molecule has 46 heavy (non-hydrogen) atoms. The maximum Gasteiger partial charge on any atom is 0.0541 e. The van der Waals surface area contributed by atoms with Gasteiger partial charge in [-0.2, -0.15) is 0 Å². The molecular formula is C44H34N2. The van der Waals surface area contributed by atoms with Crippen molar-refractivity contribution in [2.75, 3.05) is 4.90 Å². The lowest BCUT2D eigenvalue weighted by molar-refractivity contribution is 1.20. The van der Waals surface area contributed by atoms with Gasteiger partial charge in [-0.25, -0.2) is 0 Å². The Morgan fingerprint density at radius 2 is 0.848 bits per heavy atom. The molecule has 0 bridgehead atoms. The van der Waals surface area contributed by atoms with Crippen LogP contribution in [0.25, 0.3) is 59.8 Å². The fraction of sp³-hybridized carbons (Fsp3) is 0.0909. The fourth-order valence-corrected chi connectivity index (χ4v) is 7.46. The first-order chi connectivity index (χ1) is 22.4. The third-order valence-corrected chi connectivity index (χ3v) is 9.72. The summed E-state index contributed by atoms with van der Waals surface area (Å²) in [4.78, 5) is 2.38. The highest BCUT2D eigenvalue weighted by atomic mass is 15.1. The van der Waals surface area contributed by atoms with Crippen LogP contribution in [0.2, 0.25) is 0 Å². The molecule has 1 heterocycles. The highest BCUT2D eigenvalue weighted by Gasteiger charge is 2.19. The zero-order valence-corrected chi connectivity index (χ0v) is 26.6. The second kappa shape index (κ2) is 9.95. The van der Waals surface area contributed by atoms with Gasteiger partial charge in [0.2, 0.25) is 0 Å². The number of fused-ring (bicyclic) bond motifs is 3. The summed E-state index contributed by atoms with van der Waals surface area (Å²) in [6.07, 6.45) is 0. The van der Waals surface area contributed by atoms with Gasteiger partial charge in [0.05, 0.1) is 16.7 Å². The molecule has 0 aliphatic heterocycles. The van der Waals surface area contributed by atoms with Gasteiger partial charge in [-0.15, -0.1) is 0 Å². The van der Waals surface area contributed by atoms with E-state index < -0.39 is 0 Å². The second-order valence-electron chi connectivity index (χ2n) is 13.0. The molecule has 0 N–H and O–H groups in total. The van der Waals surface area contributed by atoms with Crippen molar-refractivity contribution >= 4 is 71.2 Å². The largest absolute Gasteiger partial charge is 0.310 e. The molecule has 0 amide bonds. The van der Waals surface area contributed by atoms with Crippen LogP contribution >= 0.6 is 0 Å². The van der Waals surface area contributed by atoms with E-state index in [1.807, 2.05) is 0 Å². The molecule has 8 aromatic carbocycles. The standard InChI is InChI=1S/C44H34N2/c1-27-5-15-34(16-6-27)45(35-17-7-28(2)8-18-35)36-25-32-12-11-31-14-22-40(37-19-13-33(26-36)43(32)44(31)37)46-41-20-9-29(3)23-38(41)39-24-30(4)10-21-42(39)46/h5-26H,1-4H3.